The number of nitro benzene ring substituents is 2. The van der Waals surface area contributed by atoms with E-state index in [1.807, 2.05) is 12.1 Å². The molecule has 0 aromatic heterocycles. The molecule has 0 N–H and O–H groups in total. The minimum atomic E-state index is -0.920. The summed E-state index contributed by atoms with van der Waals surface area (Å²) in [5, 5.41) is 23.4. The fourth-order valence-corrected chi connectivity index (χ4v) is 3.88. The number of aryl methyl sites for hydroxylation is 1. The average molecular weight is 501 g/mol. The van der Waals surface area contributed by atoms with Gasteiger partial charge in [0, 0.05) is 0 Å². The second-order valence-electron chi connectivity index (χ2n) is 8.79. The van der Waals surface area contributed by atoms with E-state index < -0.39 is 32.9 Å². The van der Waals surface area contributed by atoms with Gasteiger partial charge in [-0.1, -0.05) is 77.3 Å². The van der Waals surface area contributed by atoms with Crippen LogP contribution in [0.15, 0.2) is 36.4 Å². The summed E-state index contributed by atoms with van der Waals surface area (Å²) in [4.78, 5) is 34.3. The molecule has 0 amide bonds. The number of benzene rings is 2. The Labute approximate surface area is 212 Å². The Bertz CT molecular complexity index is 1010. The maximum Gasteiger partial charge on any atom is 0.392 e. The van der Waals surface area contributed by atoms with Gasteiger partial charge in [0.2, 0.25) is 11.5 Å². The standard InChI is InChI=1S/C27H36N2O7/c1-3-5-7-9-11-13-21-14-16-22(17-15-21)27(30)36-24-19-18-23(35-20-12-10-8-6-4-2)25(28(31)32)26(24)29(33)34/h14-19H,3-13,20H2,1-2H3. The molecule has 2 aromatic rings. The van der Waals surface area contributed by atoms with E-state index in [0.717, 1.165) is 50.5 Å². The lowest BCUT2D eigenvalue weighted by atomic mass is 10.0. The molecule has 9 heteroatoms. The first-order valence-corrected chi connectivity index (χ1v) is 12.8. The molecule has 0 aliphatic heterocycles. The van der Waals surface area contributed by atoms with E-state index in [4.69, 9.17) is 9.47 Å². The number of carbonyl (C=O) groups is 1. The summed E-state index contributed by atoms with van der Waals surface area (Å²) < 4.78 is 10.7. The first kappa shape index (κ1) is 28.7. The summed E-state index contributed by atoms with van der Waals surface area (Å²) >= 11 is 0. The Morgan fingerprint density at radius 3 is 1.83 bits per heavy atom. The molecule has 0 saturated carbocycles. The number of nitrogens with zero attached hydrogens (tertiary/aromatic N) is 2. The van der Waals surface area contributed by atoms with E-state index >= 15 is 0 Å². The number of hydrogen-bond donors (Lipinski definition) is 0. The molecule has 2 rings (SSSR count). The molecule has 36 heavy (non-hydrogen) atoms. The zero-order valence-electron chi connectivity index (χ0n) is 21.2. The van der Waals surface area contributed by atoms with Gasteiger partial charge in [0.15, 0.2) is 0 Å². The fraction of sp³-hybridized carbons (Fsp3) is 0.519. The van der Waals surface area contributed by atoms with Crippen molar-refractivity contribution in [3.63, 3.8) is 0 Å². The van der Waals surface area contributed by atoms with E-state index in [0.29, 0.717) is 6.42 Å². The topological polar surface area (TPSA) is 122 Å². The Hall–Kier alpha value is -3.49. The van der Waals surface area contributed by atoms with Gasteiger partial charge in [-0.05, 0) is 49.1 Å². The molecule has 0 fully saturated rings. The Morgan fingerprint density at radius 2 is 1.25 bits per heavy atom. The number of carbonyl (C=O) groups excluding carboxylic acids is 1. The minimum absolute atomic E-state index is 0.200. The fourth-order valence-electron chi connectivity index (χ4n) is 3.88. The third-order valence-corrected chi connectivity index (χ3v) is 5.91. The highest BCUT2D eigenvalue weighted by atomic mass is 16.6. The maximum absolute atomic E-state index is 12.6. The van der Waals surface area contributed by atoms with Crippen LogP contribution in [-0.2, 0) is 6.42 Å². The van der Waals surface area contributed by atoms with Crippen molar-refractivity contribution < 1.29 is 24.1 Å². The largest absolute Gasteiger partial charge is 0.487 e. The van der Waals surface area contributed by atoms with Gasteiger partial charge in [0.1, 0.15) is 0 Å². The van der Waals surface area contributed by atoms with Crippen LogP contribution in [0.5, 0.6) is 11.5 Å². The first-order valence-electron chi connectivity index (χ1n) is 12.8. The second kappa shape index (κ2) is 15.5. The van der Waals surface area contributed by atoms with E-state index in [9.17, 15) is 25.0 Å². The molecule has 9 nitrogen and oxygen atoms in total. The van der Waals surface area contributed by atoms with Gasteiger partial charge in [-0.3, -0.25) is 20.2 Å². The van der Waals surface area contributed by atoms with Gasteiger partial charge in [-0.15, -0.1) is 0 Å². The van der Waals surface area contributed by atoms with Crippen molar-refractivity contribution in [1.29, 1.82) is 0 Å². The molecule has 0 aliphatic carbocycles. The number of ether oxygens (including phenoxy) is 2. The van der Waals surface area contributed by atoms with Crippen LogP contribution in [0.1, 0.15) is 94.0 Å². The van der Waals surface area contributed by atoms with Crippen molar-refractivity contribution in [3.05, 3.63) is 67.8 Å². The van der Waals surface area contributed by atoms with E-state index in [2.05, 4.69) is 13.8 Å². The summed E-state index contributed by atoms with van der Waals surface area (Å²) in [6.45, 7) is 4.47. The molecule has 0 bridgehead atoms. The molecular formula is C27H36N2O7. The molecular weight excluding hydrogens is 464 g/mol. The zero-order valence-corrected chi connectivity index (χ0v) is 21.2. The molecule has 0 unspecified atom stereocenters. The molecule has 0 spiro atoms. The average Bonchev–Trinajstić information content (AvgIpc) is 2.86. The van der Waals surface area contributed by atoms with Crippen LogP contribution in [0.3, 0.4) is 0 Å². The zero-order chi connectivity index (χ0) is 26.3. The van der Waals surface area contributed by atoms with Crippen LogP contribution in [0.2, 0.25) is 0 Å². The van der Waals surface area contributed by atoms with Gasteiger partial charge in [0.25, 0.3) is 0 Å². The summed E-state index contributed by atoms with van der Waals surface area (Å²) in [7, 11) is 0. The molecule has 2 aromatic carbocycles. The molecule has 0 heterocycles. The Morgan fingerprint density at radius 1 is 0.722 bits per heavy atom. The van der Waals surface area contributed by atoms with Crippen molar-refractivity contribution in [2.45, 2.75) is 84.5 Å². The van der Waals surface area contributed by atoms with Gasteiger partial charge >= 0.3 is 17.3 Å². The summed E-state index contributed by atoms with van der Waals surface area (Å²) in [6.07, 6.45) is 11.5. The predicted molar refractivity (Wildman–Crippen MR) is 138 cm³/mol. The smallest absolute Gasteiger partial charge is 0.392 e. The van der Waals surface area contributed by atoms with Gasteiger partial charge in [-0.2, -0.15) is 0 Å². The highest BCUT2D eigenvalue weighted by molar-refractivity contribution is 5.92. The maximum atomic E-state index is 12.6. The van der Waals surface area contributed by atoms with Crippen LogP contribution in [-0.4, -0.2) is 22.4 Å². The summed E-state index contributed by atoms with van der Waals surface area (Å²) in [5.41, 5.74) is -0.437. The first-order chi connectivity index (χ1) is 17.4. The second-order valence-corrected chi connectivity index (χ2v) is 8.79. The van der Waals surface area contributed by atoms with E-state index in [1.165, 1.54) is 31.4 Å². The van der Waals surface area contributed by atoms with Crippen LogP contribution < -0.4 is 9.47 Å². The predicted octanol–water partition coefficient (Wildman–Crippen LogP) is 7.58. The highest BCUT2D eigenvalue weighted by Crippen LogP contribution is 2.43. The third kappa shape index (κ3) is 8.94. The number of rotatable bonds is 17. The molecule has 0 aliphatic rings. The van der Waals surface area contributed by atoms with Crippen LogP contribution in [0.4, 0.5) is 11.4 Å². The minimum Gasteiger partial charge on any atom is -0.487 e. The van der Waals surface area contributed by atoms with Crippen LogP contribution in [0.25, 0.3) is 0 Å². The monoisotopic (exact) mass is 500 g/mol. The number of esters is 1. The normalized spacial score (nSPS) is 10.7. The number of nitro groups is 2. The van der Waals surface area contributed by atoms with Crippen molar-refractivity contribution >= 4 is 17.3 Å². The SMILES string of the molecule is CCCCCCCOc1ccc(OC(=O)c2ccc(CCCCCCC)cc2)c([N+](=O)[O-])c1[N+](=O)[O-]. The molecule has 0 radical (unpaired) electrons. The lowest BCUT2D eigenvalue weighted by Crippen LogP contribution is -2.11. The third-order valence-electron chi connectivity index (χ3n) is 5.91. The number of unbranched alkanes of at least 4 members (excludes halogenated alkanes) is 8. The van der Waals surface area contributed by atoms with Crippen LogP contribution >= 0.6 is 0 Å². The van der Waals surface area contributed by atoms with Gasteiger partial charge in [-0.25, -0.2) is 4.79 Å². The van der Waals surface area contributed by atoms with E-state index in [-0.39, 0.29) is 17.9 Å². The van der Waals surface area contributed by atoms with E-state index in [1.54, 1.807) is 12.1 Å². The summed E-state index contributed by atoms with van der Waals surface area (Å²) in [6, 6.07) is 9.25. The van der Waals surface area contributed by atoms with Crippen molar-refractivity contribution in [3.8, 4) is 11.5 Å². The Balaban J connectivity index is 2.11. The lowest BCUT2D eigenvalue weighted by molar-refractivity contribution is -0.423. The lowest BCUT2D eigenvalue weighted by Gasteiger charge is -2.10. The summed E-state index contributed by atoms with van der Waals surface area (Å²) in [5.74, 6) is -1.54. The van der Waals surface area contributed by atoms with Crippen LogP contribution in [0, 0.1) is 20.2 Å². The molecule has 196 valence electrons. The quantitative estimate of drug-likeness (QED) is 0.0721. The van der Waals surface area contributed by atoms with Gasteiger partial charge < -0.3 is 9.47 Å². The van der Waals surface area contributed by atoms with Crippen molar-refractivity contribution in [1.82, 2.24) is 0 Å². The highest BCUT2D eigenvalue weighted by Gasteiger charge is 2.36. The van der Waals surface area contributed by atoms with Crippen molar-refractivity contribution in [2.75, 3.05) is 6.61 Å². The van der Waals surface area contributed by atoms with Gasteiger partial charge in [0.05, 0.1) is 22.0 Å². The number of hydrogen-bond acceptors (Lipinski definition) is 7. The Kier molecular flexibility index (Phi) is 12.4. The van der Waals surface area contributed by atoms with Crippen molar-refractivity contribution in [2.24, 2.45) is 0 Å². The molecule has 0 atom stereocenters. The molecule has 0 saturated heterocycles.